The van der Waals surface area contributed by atoms with Gasteiger partial charge in [0, 0.05) is 42.0 Å². The van der Waals surface area contributed by atoms with Gasteiger partial charge in [-0.15, -0.1) is 0 Å². The van der Waals surface area contributed by atoms with Crippen molar-refractivity contribution in [1.29, 1.82) is 0 Å². The Morgan fingerprint density at radius 1 is 1.00 bits per heavy atom. The van der Waals surface area contributed by atoms with Crippen LogP contribution in [0.15, 0.2) is 87.0 Å². The van der Waals surface area contributed by atoms with Gasteiger partial charge in [0.1, 0.15) is 17.9 Å². The number of fused-ring (bicyclic) bond motifs is 1. The van der Waals surface area contributed by atoms with E-state index in [9.17, 15) is 18.0 Å². The number of para-hydroxylation sites is 1. The highest BCUT2D eigenvalue weighted by Gasteiger charge is 2.22. The van der Waals surface area contributed by atoms with E-state index in [1.165, 1.54) is 16.6 Å². The lowest BCUT2D eigenvalue weighted by Crippen LogP contribution is -2.33. The summed E-state index contributed by atoms with van der Waals surface area (Å²) in [6, 6.07) is 19.2. The van der Waals surface area contributed by atoms with E-state index >= 15 is 0 Å². The Morgan fingerprint density at radius 2 is 1.71 bits per heavy atom. The van der Waals surface area contributed by atoms with Crippen molar-refractivity contribution in [3.8, 4) is 11.3 Å². The number of rotatable bonds is 8. The third-order valence-corrected chi connectivity index (χ3v) is 7.53. The molecular weight excluding hydrogens is 454 g/mol. The number of nitrogens with one attached hydrogen (secondary N) is 1. The van der Waals surface area contributed by atoms with Crippen molar-refractivity contribution in [2.75, 3.05) is 18.4 Å². The third-order valence-electron chi connectivity index (χ3n) is 5.49. The fourth-order valence-corrected chi connectivity index (χ4v) is 5.17. The first-order valence-corrected chi connectivity index (χ1v) is 12.4. The maximum atomic E-state index is 12.7. The van der Waals surface area contributed by atoms with E-state index in [0.29, 0.717) is 18.8 Å². The number of amides is 1. The van der Waals surface area contributed by atoms with Crippen molar-refractivity contribution < 1.29 is 17.6 Å². The zero-order valence-corrected chi connectivity index (χ0v) is 19.7. The summed E-state index contributed by atoms with van der Waals surface area (Å²) in [5.41, 5.74) is 1.74. The van der Waals surface area contributed by atoms with Gasteiger partial charge in [0.05, 0.1) is 4.90 Å². The van der Waals surface area contributed by atoms with Gasteiger partial charge in [-0.3, -0.25) is 9.59 Å². The quantitative estimate of drug-likeness (QED) is 0.413. The summed E-state index contributed by atoms with van der Waals surface area (Å²) in [6.45, 7) is 3.78. The predicted octanol–water partition coefficient (Wildman–Crippen LogP) is 3.93. The van der Waals surface area contributed by atoms with Crippen LogP contribution in [-0.4, -0.2) is 36.3 Å². The molecule has 1 N–H and O–H groups in total. The maximum absolute atomic E-state index is 12.7. The van der Waals surface area contributed by atoms with Crippen molar-refractivity contribution in [2.45, 2.75) is 25.3 Å². The molecule has 2 heterocycles. The number of benzene rings is 2. The summed E-state index contributed by atoms with van der Waals surface area (Å²) in [5.74, 6) is 0.271. The minimum atomic E-state index is -3.74. The molecule has 0 saturated carbocycles. The predicted molar refractivity (Wildman–Crippen MR) is 131 cm³/mol. The first-order valence-electron chi connectivity index (χ1n) is 10.9. The highest BCUT2D eigenvalue weighted by Crippen LogP contribution is 2.28. The van der Waals surface area contributed by atoms with Gasteiger partial charge in [-0.25, -0.2) is 8.42 Å². The topological polar surface area (TPSA) is 102 Å². The minimum Gasteiger partial charge on any atom is -0.456 e. The highest BCUT2D eigenvalue weighted by atomic mass is 32.2. The lowest BCUT2D eigenvalue weighted by atomic mass is 10.1. The average Bonchev–Trinajstić information content (AvgIpc) is 3.26. The van der Waals surface area contributed by atoms with Crippen molar-refractivity contribution in [1.82, 2.24) is 8.87 Å². The van der Waals surface area contributed by atoms with E-state index in [0.717, 1.165) is 32.9 Å². The summed E-state index contributed by atoms with van der Waals surface area (Å²) in [6.07, 6.45) is 1.21. The lowest BCUT2D eigenvalue weighted by molar-refractivity contribution is -0.116. The van der Waals surface area contributed by atoms with Gasteiger partial charge < -0.3 is 14.3 Å². The fourth-order valence-electron chi connectivity index (χ4n) is 3.70. The van der Waals surface area contributed by atoms with Crippen LogP contribution in [0, 0.1) is 0 Å². The molecule has 4 rings (SSSR count). The molecule has 0 aliphatic rings. The largest absolute Gasteiger partial charge is 0.456 e. The van der Waals surface area contributed by atoms with Crippen molar-refractivity contribution in [2.24, 2.45) is 0 Å². The van der Waals surface area contributed by atoms with Gasteiger partial charge in [-0.1, -0.05) is 32.0 Å². The molecule has 0 aliphatic heterocycles. The molecule has 0 atom stereocenters. The van der Waals surface area contributed by atoms with Crippen LogP contribution in [0.4, 0.5) is 5.69 Å². The standard InChI is InChI=1S/C25H25N3O5S/c1-3-28(4-2)34(31,32)21-13-14-25(30)27(16-21)17-24(29)26-20-11-9-18(10-12-20)23-15-19-7-5-6-8-22(19)33-23/h5-16H,3-4,17H2,1-2H3,(H,26,29). The van der Waals surface area contributed by atoms with Gasteiger partial charge in [0.2, 0.25) is 15.9 Å². The van der Waals surface area contributed by atoms with Crippen LogP contribution in [0.5, 0.6) is 0 Å². The van der Waals surface area contributed by atoms with Crippen LogP contribution in [0.3, 0.4) is 0 Å². The smallest absolute Gasteiger partial charge is 0.251 e. The summed E-state index contributed by atoms with van der Waals surface area (Å²) in [7, 11) is -3.74. The maximum Gasteiger partial charge on any atom is 0.251 e. The second kappa shape index (κ2) is 9.66. The van der Waals surface area contributed by atoms with Crippen LogP contribution in [0.1, 0.15) is 13.8 Å². The van der Waals surface area contributed by atoms with Gasteiger partial charge in [-0.2, -0.15) is 4.31 Å². The van der Waals surface area contributed by atoms with Crippen LogP contribution in [-0.2, 0) is 21.4 Å². The Morgan fingerprint density at radius 3 is 2.38 bits per heavy atom. The Labute approximate surface area is 197 Å². The number of carbonyl (C=O) groups excluding carboxylic acids is 1. The monoisotopic (exact) mass is 479 g/mol. The number of anilines is 1. The lowest BCUT2D eigenvalue weighted by Gasteiger charge is -2.19. The molecule has 9 heteroatoms. The SMILES string of the molecule is CCN(CC)S(=O)(=O)c1ccc(=O)n(CC(=O)Nc2ccc(-c3cc4ccccc4o3)cc2)c1. The molecule has 0 radical (unpaired) electrons. The molecule has 0 spiro atoms. The summed E-state index contributed by atoms with van der Waals surface area (Å²) in [4.78, 5) is 24.8. The summed E-state index contributed by atoms with van der Waals surface area (Å²) < 4.78 is 33.7. The molecule has 0 aliphatic carbocycles. The number of hydrogen-bond acceptors (Lipinski definition) is 5. The zero-order chi connectivity index (χ0) is 24.3. The molecule has 0 saturated heterocycles. The van der Waals surface area contributed by atoms with Gasteiger partial charge in [0.15, 0.2) is 0 Å². The van der Waals surface area contributed by atoms with E-state index in [1.807, 2.05) is 42.5 Å². The molecule has 8 nitrogen and oxygen atoms in total. The van der Waals surface area contributed by atoms with Crippen LogP contribution >= 0.6 is 0 Å². The molecule has 0 fully saturated rings. The first-order chi connectivity index (χ1) is 16.3. The Bertz CT molecular complexity index is 1450. The van der Waals surface area contributed by atoms with E-state index in [-0.39, 0.29) is 11.4 Å². The number of pyridine rings is 1. The van der Waals surface area contributed by atoms with Gasteiger partial charge in [-0.05, 0) is 42.5 Å². The zero-order valence-electron chi connectivity index (χ0n) is 18.9. The molecule has 0 bridgehead atoms. The van der Waals surface area contributed by atoms with Crippen LogP contribution in [0.2, 0.25) is 0 Å². The van der Waals surface area contributed by atoms with Crippen LogP contribution in [0.25, 0.3) is 22.3 Å². The van der Waals surface area contributed by atoms with Crippen molar-refractivity contribution in [3.05, 3.63) is 83.3 Å². The Balaban J connectivity index is 1.48. The molecule has 2 aromatic heterocycles. The third kappa shape index (κ3) is 4.80. The average molecular weight is 480 g/mol. The second-order valence-electron chi connectivity index (χ2n) is 7.69. The number of nitrogens with zero attached hydrogens (tertiary/aromatic N) is 2. The van der Waals surface area contributed by atoms with Crippen LogP contribution < -0.4 is 10.9 Å². The highest BCUT2D eigenvalue weighted by molar-refractivity contribution is 7.89. The van der Waals surface area contributed by atoms with E-state index in [4.69, 9.17) is 4.42 Å². The molecular formula is C25H25N3O5S. The Kier molecular flexibility index (Phi) is 6.67. The van der Waals surface area contributed by atoms with E-state index in [1.54, 1.807) is 26.0 Å². The number of aromatic nitrogens is 1. The normalized spacial score (nSPS) is 11.7. The Hall–Kier alpha value is -3.69. The van der Waals surface area contributed by atoms with E-state index < -0.39 is 21.5 Å². The van der Waals surface area contributed by atoms with Crippen molar-refractivity contribution in [3.63, 3.8) is 0 Å². The van der Waals surface area contributed by atoms with E-state index in [2.05, 4.69) is 5.32 Å². The number of carbonyl (C=O) groups is 1. The molecule has 2 aromatic carbocycles. The fraction of sp³-hybridized carbons (Fsp3) is 0.200. The first kappa shape index (κ1) is 23.5. The van der Waals surface area contributed by atoms with Gasteiger partial charge >= 0.3 is 0 Å². The molecule has 34 heavy (non-hydrogen) atoms. The number of hydrogen-bond donors (Lipinski definition) is 1. The van der Waals surface area contributed by atoms with Crippen molar-refractivity contribution >= 4 is 32.6 Å². The summed E-state index contributed by atoms with van der Waals surface area (Å²) >= 11 is 0. The minimum absolute atomic E-state index is 0.0289. The molecule has 0 unspecified atom stereocenters. The second-order valence-corrected chi connectivity index (χ2v) is 9.63. The number of sulfonamides is 1. The van der Waals surface area contributed by atoms with Gasteiger partial charge in [0.25, 0.3) is 5.56 Å². The molecule has 176 valence electrons. The number of furan rings is 1. The molecule has 1 amide bonds. The summed E-state index contributed by atoms with van der Waals surface area (Å²) in [5, 5.41) is 3.74. The molecule has 4 aromatic rings.